The molecule has 0 radical (unpaired) electrons. The number of hydrogen-bond donors (Lipinski definition) is 2. The van der Waals surface area contributed by atoms with Crippen LogP contribution in [0.5, 0.6) is 11.5 Å². The molecule has 6 heteroatoms. The molecule has 0 aromatic heterocycles. The van der Waals surface area contributed by atoms with E-state index in [-0.39, 0.29) is 5.82 Å². The van der Waals surface area contributed by atoms with Gasteiger partial charge in [-0.15, -0.1) is 0 Å². The predicted molar refractivity (Wildman–Crippen MR) is 93.9 cm³/mol. The fourth-order valence-corrected chi connectivity index (χ4v) is 2.28. The van der Waals surface area contributed by atoms with Gasteiger partial charge in [-0.2, -0.15) is 0 Å². The molecule has 2 rings (SSSR count). The fourth-order valence-electron chi connectivity index (χ4n) is 2.06. The zero-order valence-electron chi connectivity index (χ0n) is 13.1. The molecule has 0 heterocycles. The molecule has 0 unspecified atom stereocenters. The quantitative estimate of drug-likeness (QED) is 0.793. The molecule has 2 N–H and O–H groups in total. The summed E-state index contributed by atoms with van der Waals surface area (Å²) < 4.78 is 23.3. The zero-order chi connectivity index (χ0) is 16.7. The van der Waals surface area contributed by atoms with Crippen molar-refractivity contribution in [1.82, 2.24) is 5.32 Å². The van der Waals surface area contributed by atoms with Gasteiger partial charge < -0.3 is 20.1 Å². The van der Waals surface area contributed by atoms with Gasteiger partial charge in [0.25, 0.3) is 0 Å². The average Bonchev–Trinajstić information content (AvgIpc) is 2.56. The largest absolute Gasteiger partial charge is 0.493 e. The number of rotatable bonds is 6. The van der Waals surface area contributed by atoms with E-state index >= 15 is 0 Å². The summed E-state index contributed by atoms with van der Waals surface area (Å²) in [5.74, 6) is 1.06. The number of methoxy groups -OCH3 is 2. The first kappa shape index (κ1) is 17.0. The lowest BCUT2D eigenvalue weighted by atomic mass is 10.1. The van der Waals surface area contributed by atoms with Gasteiger partial charge >= 0.3 is 0 Å². The second-order valence-corrected chi connectivity index (χ2v) is 5.24. The zero-order valence-corrected chi connectivity index (χ0v) is 13.9. The van der Waals surface area contributed by atoms with Gasteiger partial charge in [-0.3, -0.25) is 0 Å². The minimum absolute atomic E-state index is 0.229. The third-order valence-electron chi connectivity index (χ3n) is 3.25. The summed E-state index contributed by atoms with van der Waals surface area (Å²) in [5, 5.41) is 6.72. The first-order valence-corrected chi connectivity index (χ1v) is 7.54. The summed E-state index contributed by atoms with van der Waals surface area (Å²) in [7, 11) is 3.17. The summed E-state index contributed by atoms with van der Waals surface area (Å²) >= 11 is 5.26. The van der Waals surface area contributed by atoms with E-state index in [1.807, 2.05) is 18.2 Å². The standard InChI is InChI=1S/C17H19FN2O2S/c1-21-15-8-7-14(11-16(15)22-2)20-17(23)19-10-9-12-3-5-13(18)6-4-12/h3-8,11H,9-10H2,1-2H3,(H2,19,20,23). The van der Waals surface area contributed by atoms with Crippen LogP contribution in [0.4, 0.5) is 10.1 Å². The van der Waals surface area contributed by atoms with Crippen LogP contribution in [0, 0.1) is 5.82 Å². The second-order valence-electron chi connectivity index (χ2n) is 4.83. The van der Waals surface area contributed by atoms with Crippen molar-refractivity contribution < 1.29 is 13.9 Å². The molecule has 0 aliphatic heterocycles. The van der Waals surface area contributed by atoms with E-state index in [1.165, 1.54) is 12.1 Å². The Morgan fingerprint density at radius 1 is 1.04 bits per heavy atom. The van der Waals surface area contributed by atoms with Crippen LogP contribution in [-0.2, 0) is 6.42 Å². The molecule has 0 aliphatic carbocycles. The Labute approximate surface area is 140 Å². The molecule has 4 nitrogen and oxygen atoms in total. The van der Waals surface area contributed by atoms with Crippen molar-refractivity contribution in [2.45, 2.75) is 6.42 Å². The maximum absolute atomic E-state index is 12.8. The van der Waals surface area contributed by atoms with Crippen LogP contribution in [-0.4, -0.2) is 25.9 Å². The average molecular weight is 334 g/mol. The lowest BCUT2D eigenvalue weighted by molar-refractivity contribution is 0.355. The maximum Gasteiger partial charge on any atom is 0.170 e. The van der Waals surface area contributed by atoms with Gasteiger partial charge in [0.15, 0.2) is 16.6 Å². The minimum Gasteiger partial charge on any atom is -0.493 e. The van der Waals surface area contributed by atoms with Crippen LogP contribution in [0.1, 0.15) is 5.56 Å². The molecule has 2 aromatic carbocycles. The number of ether oxygens (including phenoxy) is 2. The number of halogens is 1. The molecule has 0 saturated heterocycles. The lowest BCUT2D eigenvalue weighted by Crippen LogP contribution is -2.30. The molecular weight excluding hydrogens is 315 g/mol. The first-order valence-electron chi connectivity index (χ1n) is 7.13. The highest BCUT2D eigenvalue weighted by Crippen LogP contribution is 2.29. The Balaban J connectivity index is 1.83. The van der Waals surface area contributed by atoms with Crippen molar-refractivity contribution >= 4 is 23.0 Å². The molecule has 23 heavy (non-hydrogen) atoms. The van der Waals surface area contributed by atoms with Crippen LogP contribution in [0.15, 0.2) is 42.5 Å². The fraction of sp³-hybridized carbons (Fsp3) is 0.235. The normalized spacial score (nSPS) is 10.0. The lowest BCUT2D eigenvalue weighted by Gasteiger charge is -2.13. The summed E-state index contributed by atoms with van der Waals surface area (Å²) in [4.78, 5) is 0. The SMILES string of the molecule is COc1ccc(NC(=S)NCCc2ccc(F)cc2)cc1OC. The summed E-state index contributed by atoms with van der Waals surface area (Å²) in [5.41, 5.74) is 1.86. The van der Waals surface area contributed by atoms with Crippen LogP contribution in [0.3, 0.4) is 0 Å². The number of nitrogens with one attached hydrogen (secondary N) is 2. The Bertz CT molecular complexity index is 662. The molecule has 0 saturated carbocycles. The van der Waals surface area contributed by atoms with Crippen molar-refractivity contribution in [3.63, 3.8) is 0 Å². The number of anilines is 1. The third kappa shape index (κ3) is 5.10. The Morgan fingerprint density at radius 2 is 1.74 bits per heavy atom. The van der Waals surface area contributed by atoms with Gasteiger partial charge in [0, 0.05) is 18.3 Å². The summed E-state index contributed by atoms with van der Waals surface area (Å²) in [6.45, 7) is 0.657. The van der Waals surface area contributed by atoms with Gasteiger partial charge in [-0.1, -0.05) is 12.1 Å². The van der Waals surface area contributed by atoms with E-state index in [9.17, 15) is 4.39 Å². The van der Waals surface area contributed by atoms with Crippen molar-refractivity contribution in [3.05, 3.63) is 53.8 Å². The molecule has 0 spiro atoms. The van der Waals surface area contributed by atoms with Crippen molar-refractivity contribution in [1.29, 1.82) is 0 Å². The van der Waals surface area contributed by atoms with Gasteiger partial charge in [-0.25, -0.2) is 4.39 Å². The van der Waals surface area contributed by atoms with E-state index in [1.54, 1.807) is 26.4 Å². The van der Waals surface area contributed by atoms with Gasteiger partial charge in [0.1, 0.15) is 5.82 Å². The van der Waals surface area contributed by atoms with Crippen LogP contribution in [0.2, 0.25) is 0 Å². The number of hydrogen-bond acceptors (Lipinski definition) is 3. The molecule has 0 amide bonds. The molecule has 0 aliphatic rings. The summed E-state index contributed by atoms with van der Waals surface area (Å²) in [6.07, 6.45) is 0.758. The van der Waals surface area contributed by atoms with E-state index in [2.05, 4.69) is 10.6 Å². The van der Waals surface area contributed by atoms with E-state index in [0.717, 1.165) is 17.7 Å². The van der Waals surface area contributed by atoms with Crippen molar-refractivity contribution in [2.24, 2.45) is 0 Å². The highest BCUT2D eigenvalue weighted by molar-refractivity contribution is 7.80. The van der Waals surface area contributed by atoms with Gasteiger partial charge in [0.2, 0.25) is 0 Å². The van der Waals surface area contributed by atoms with Gasteiger partial charge in [0.05, 0.1) is 14.2 Å². The Hall–Kier alpha value is -2.34. The molecular formula is C17H19FN2O2S. The number of thiocarbonyl (C=S) groups is 1. The Kier molecular flexibility index (Phi) is 6.17. The summed E-state index contributed by atoms with van der Waals surface area (Å²) in [6, 6.07) is 11.9. The van der Waals surface area contributed by atoms with E-state index in [4.69, 9.17) is 21.7 Å². The Morgan fingerprint density at radius 3 is 2.39 bits per heavy atom. The molecule has 2 aromatic rings. The number of benzene rings is 2. The van der Waals surface area contributed by atoms with Crippen LogP contribution < -0.4 is 20.1 Å². The molecule has 122 valence electrons. The second kappa shape index (κ2) is 8.33. The highest BCUT2D eigenvalue weighted by Gasteiger charge is 2.05. The van der Waals surface area contributed by atoms with Gasteiger partial charge in [-0.05, 0) is 48.5 Å². The predicted octanol–water partition coefficient (Wildman–Crippen LogP) is 3.37. The third-order valence-corrected chi connectivity index (χ3v) is 3.50. The van der Waals surface area contributed by atoms with Crippen LogP contribution >= 0.6 is 12.2 Å². The molecule has 0 bridgehead atoms. The van der Waals surface area contributed by atoms with E-state index < -0.39 is 0 Å². The smallest absolute Gasteiger partial charge is 0.170 e. The minimum atomic E-state index is -0.229. The highest BCUT2D eigenvalue weighted by atomic mass is 32.1. The first-order chi connectivity index (χ1) is 11.1. The molecule has 0 fully saturated rings. The maximum atomic E-state index is 12.8. The molecule has 0 atom stereocenters. The monoisotopic (exact) mass is 334 g/mol. The van der Waals surface area contributed by atoms with Crippen molar-refractivity contribution in [3.8, 4) is 11.5 Å². The topological polar surface area (TPSA) is 42.5 Å². The van der Waals surface area contributed by atoms with E-state index in [0.29, 0.717) is 23.2 Å². The van der Waals surface area contributed by atoms with Crippen LogP contribution in [0.25, 0.3) is 0 Å². The van der Waals surface area contributed by atoms with Crippen molar-refractivity contribution in [2.75, 3.05) is 26.1 Å².